The lowest BCUT2D eigenvalue weighted by Crippen LogP contribution is -2.32. The fraction of sp³-hybridized carbons (Fsp3) is 0.235. The van der Waals surface area contributed by atoms with Crippen molar-refractivity contribution in [3.05, 3.63) is 63.1 Å². The third-order valence-corrected chi connectivity index (χ3v) is 6.00. The molecule has 0 aliphatic heterocycles. The van der Waals surface area contributed by atoms with E-state index in [1.54, 1.807) is 37.3 Å². The van der Waals surface area contributed by atoms with Crippen molar-refractivity contribution in [3.63, 3.8) is 0 Å². The molecular formula is C17H17Cl3N2O3S. The topological polar surface area (TPSA) is 75.3 Å². The summed E-state index contributed by atoms with van der Waals surface area (Å²) in [6, 6.07) is 10.7. The van der Waals surface area contributed by atoms with Gasteiger partial charge >= 0.3 is 0 Å². The number of hydrogen-bond donors (Lipinski definition) is 2. The van der Waals surface area contributed by atoms with Crippen LogP contribution in [0.4, 0.5) is 0 Å². The predicted molar refractivity (Wildman–Crippen MR) is 104 cm³/mol. The van der Waals surface area contributed by atoms with E-state index < -0.39 is 10.0 Å². The van der Waals surface area contributed by atoms with Gasteiger partial charge in [0.25, 0.3) is 0 Å². The molecule has 1 atom stereocenters. The number of carbonyl (C=O) groups is 1. The first-order chi connectivity index (χ1) is 12.2. The van der Waals surface area contributed by atoms with Gasteiger partial charge in [-0.05, 0) is 42.8 Å². The zero-order valence-electron chi connectivity index (χ0n) is 13.8. The molecule has 0 aromatic heterocycles. The fourth-order valence-corrected chi connectivity index (χ4v) is 3.83. The third-order valence-electron chi connectivity index (χ3n) is 3.57. The van der Waals surface area contributed by atoms with Crippen molar-refractivity contribution in [2.45, 2.75) is 24.3 Å². The molecule has 0 fully saturated rings. The van der Waals surface area contributed by atoms with Gasteiger partial charge in [0.05, 0.1) is 21.0 Å². The first kappa shape index (κ1) is 21.0. The summed E-state index contributed by atoms with van der Waals surface area (Å²) in [4.78, 5) is 12.1. The van der Waals surface area contributed by atoms with Crippen LogP contribution in [0.5, 0.6) is 0 Å². The highest BCUT2D eigenvalue weighted by molar-refractivity contribution is 7.89. The van der Waals surface area contributed by atoms with Gasteiger partial charge in [-0.3, -0.25) is 4.79 Å². The number of benzene rings is 2. The van der Waals surface area contributed by atoms with Crippen LogP contribution in [0.1, 0.15) is 24.9 Å². The summed E-state index contributed by atoms with van der Waals surface area (Å²) in [7, 11) is -3.72. The molecule has 5 nitrogen and oxygen atoms in total. The van der Waals surface area contributed by atoms with Crippen LogP contribution in [0.2, 0.25) is 15.1 Å². The van der Waals surface area contributed by atoms with Crippen molar-refractivity contribution in [1.82, 2.24) is 10.0 Å². The van der Waals surface area contributed by atoms with Crippen LogP contribution in [0, 0.1) is 0 Å². The van der Waals surface area contributed by atoms with Crippen molar-refractivity contribution in [1.29, 1.82) is 0 Å². The standard InChI is InChI=1S/C17H17Cl3N2O3S/c1-11(12-5-6-15(19)16(20)9-12)22-17(23)7-8-21-26(24,25)14-4-2-3-13(18)10-14/h2-6,9-11,21H,7-8H2,1H3,(H,22,23). The summed E-state index contributed by atoms with van der Waals surface area (Å²) in [5, 5.41) is 3.94. The number of amides is 1. The Balaban J connectivity index is 1.87. The van der Waals surface area contributed by atoms with Gasteiger partial charge in [0.1, 0.15) is 0 Å². The summed E-state index contributed by atoms with van der Waals surface area (Å²) in [6.45, 7) is 1.77. The van der Waals surface area contributed by atoms with Crippen molar-refractivity contribution < 1.29 is 13.2 Å². The molecule has 0 saturated heterocycles. The van der Waals surface area contributed by atoms with Crippen LogP contribution in [-0.4, -0.2) is 20.9 Å². The molecule has 0 aliphatic rings. The van der Waals surface area contributed by atoms with Crippen molar-refractivity contribution in [2.75, 3.05) is 6.54 Å². The molecule has 2 N–H and O–H groups in total. The van der Waals surface area contributed by atoms with E-state index in [1.165, 1.54) is 12.1 Å². The van der Waals surface area contributed by atoms with Gasteiger partial charge in [-0.1, -0.05) is 46.9 Å². The molecule has 2 rings (SSSR count). The Kier molecular flexibility index (Phi) is 7.32. The van der Waals surface area contributed by atoms with Crippen LogP contribution < -0.4 is 10.0 Å². The maximum absolute atomic E-state index is 12.2. The van der Waals surface area contributed by atoms with Crippen molar-refractivity contribution >= 4 is 50.7 Å². The summed E-state index contributed by atoms with van der Waals surface area (Å²) in [5.74, 6) is -0.294. The Morgan fingerprint density at radius 3 is 2.46 bits per heavy atom. The highest BCUT2D eigenvalue weighted by Crippen LogP contribution is 2.25. The minimum absolute atomic E-state index is 0.00847. The van der Waals surface area contributed by atoms with Gasteiger partial charge in [-0.15, -0.1) is 0 Å². The van der Waals surface area contributed by atoms with Crippen molar-refractivity contribution in [3.8, 4) is 0 Å². The molecule has 0 heterocycles. The molecule has 1 unspecified atom stereocenters. The average Bonchev–Trinajstić information content (AvgIpc) is 2.57. The lowest BCUT2D eigenvalue weighted by molar-refractivity contribution is -0.121. The quantitative estimate of drug-likeness (QED) is 0.684. The molecule has 2 aromatic carbocycles. The second-order valence-electron chi connectivity index (χ2n) is 5.57. The maximum Gasteiger partial charge on any atom is 0.240 e. The van der Waals surface area contributed by atoms with E-state index in [0.29, 0.717) is 15.1 Å². The van der Waals surface area contributed by atoms with Crippen LogP contribution in [0.25, 0.3) is 0 Å². The number of nitrogens with one attached hydrogen (secondary N) is 2. The Labute approximate surface area is 167 Å². The van der Waals surface area contributed by atoms with Crippen LogP contribution in [-0.2, 0) is 14.8 Å². The second-order valence-corrected chi connectivity index (χ2v) is 8.59. The average molecular weight is 436 g/mol. The molecule has 0 saturated carbocycles. The van der Waals surface area contributed by atoms with Gasteiger partial charge in [0.2, 0.25) is 15.9 Å². The molecule has 0 spiro atoms. The molecule has 0 bridgehead atoms. The minimum atomic E-state index is -3.72. The summed E-state index contributed by atoms with van der Waals surface area (Å²) >= 11 is 17.6. The van der Waals surface area contributed by atoms with Gasteiger partial charge in [0.15, 0.2) is 0 Å². The normalized spacial score (nSPS) is 12.6. The monoisotopic (exact) mass is 434 g/mol. The van der Waals surface area contributed by atoms with E-state index in [2.05, 4.69) is 10.0 Å². The lowest BCUT2D eigenvalue weighted by Gasteiger charge is -2.15. The van der Waals surface area contributed by atoms with Crippen LogP contribution >= 0.6 is 34.8 Å². The molecule has 26 heavy (non-hydrogen) atoms. The molecule has 9 heteroatoms. The molecule has 140 valence electrons. The Morgan fingerprint density at radius 1 is 1.08 bits per heavy atom. The highest BCUT2D eigenvalue weighted by Gasteiger charge is 2.15. The number of carbonyl (C=O) groups excluding carboxylic acids is 1. The molecule has 1 amide bonds. The number of hydrogen-bond acceptors (Lipinski definition) is 3. The molecule has 2 aromatic rings. The van der Waals surface area contributed by atoms with Gasteiger partial charge in [-0.2, -0.15) is 0 Å². The largest absolute Gasteiger partial charge is 0.350 e. The highest BCUT2D eigenvalue weighted by atomic mass is 35.5. The molecule has 0 radical (unpaired) electrons. The Hall–Kier alpha value is -1.31. The zero-order chi connectivity index (χ0) is 19.3. The third kappa shape index (κ3) is 5.86. The van der Waals surface area contributed by atoms with Gasteiger partial charge in [0, 0.05) is 18.0 Å². The van der Waals surface area contributed by atoms with E-state index in [0.717, 1.165) is 5.56 Å². The van der Waals surface area contributed by atoms with E-state index in [1.807, 2.05) is 0 Å². The summed E-state index contributed by atoms with van der Waals surface area (Å²) < 4.78 is 26.7. The van der Waals surface area contributed by atoms with E-state index in [4.69, 9.17) is 34.8 Å². The van der Waals surface area contributed by atoms with Gasteiger partial charge in [-0.25, -0.2) is 13.1 Å². The van der Waals surface area contributed by atoms with Crippen molar-refractivity contribution in [2.24, 2.45) is 0 Å². The van der Waals surface area contributed by atoms with E-state index in [9.17, 15) is 13.2 Å². The smallest absolute Gasteiger partial charge is 0.240 e. The predicted octanol–water partition coefficient (Wildman–Crippen LogP) is 4.19. The number of rotatable bonds is 7. The Bertz CT molecular complexity index is 904. The summed E-state index contributed by atoms with van der Waals surface area (Å²) in [6.07, 6.45) is -0.00847. The minimum Gasteiger partial charge on any atom is -0.350 e. The fourth-order valence-electron chi connectivity index (χ4n) is 2.20. The maximum atomic E-state index is 12.2. The van der Waals surface area contributed by atoms with Gasteiger partial charge < -0.3 is 5.32 Å². The van der Waals surface area contributed by atoms with Crippen LogP contribution in [0.15, 0.2) is 47.4 Å². The number of halogens is 3. The summed E-state index contributed by atoms with van der Waals surface area (Å²) in [5.41, 5.74) is 0.798. The zero-order valence-corrected chi connectivity index (χ0v) is 16.9. The van der Waals surface area contributed by atoms with E-state index in [-0.39, 0.29) is 29.8 Å². The SMILES string of the molecule is CC(NC(=O)CCNS(=O)(=O)c1cccc(Cl)c1)c1ccc(Cl)c(Cl)c1. The molecule has 0 aliphatic carbocycles. The second kappa shape index (κ2) is 9.06. The molecular weight excluding hydrogens is 419 g/mol. The van der Waals surface area contributed by atoms with Crippen LogP contribution in [0.3, 0.4) is 0 Å². The van der Waals surface area contributed by atoms with E-state index >= 15 is 0 Å². The number of sulfonamides is 1. The Morgan fingerprint density at radius 2 is 1.81 bits per heavy atom. The first-order valence-electron chi connectivity index (χ1n) is 7.68. The first-order valence-corrected chi connectivity index (χ1v) is 10.3. The lowest BCUT2D eigenvalue weighted by atomic mass is 10.1.